The highest BCUT2D eigenvalue weighted by Crippen LogP contribution is 2.23. The molecule has 2 amide bonds. The van der Waals surface area contributed by atoms with E-state index in [1.807, 2.05) is 30.3 Å². The van der Waals surface area contributed by atoms with Gasteiger partial charge < -0.3 is 20.4 Å². The summed E-state index contributed by atoms with van der Waals surface area (Å²) in [6, 6.07) is 17.7. The molecule has 7 heteroatoms. The number of amides is 2. The van der Waals surface area contributed by atoms with E-state index in [0.29, 0.717) is 24.0 Å². The van der Waals surface area contributed by atoms with E-state index in [4.69, 9.17) is 11.6 Å². The molecule has 0 bridgehead atoms. The third-order valence-corrected chi connectivity index (χ3v) is 8.25. The molecule has 2 aromatic carbocycles. The van der Waals surface area contributed by atoms with E-state index < -0.39 is 0 Å². The standard InChI is InChI=1S/C32H43ClN4O2/c1-2-26(27-9-5-3-6-10-27)24-37-22-17-29(23-34-31(38)16-13-25-11-14-28(33)15-12-25)35-30(32(37)39)18-21-36-19-7-4-8-20-36/h3,5-6,9-16,26,29-30,35H,2,4,7-8,17-24H2,1H3,(H,34,38)/b16-13+/t26?,29-,30-/m0/s1. The van der Waals surface area contributed by atoms with Crippen LogP contribution in [0.1, 0.15) is 62.5 Å². The maximum absolute atomic E-state index is 13.8. The number of carbonyl (C=O) groups excluding carboxylic acids is 2. The molecule has 0 radical (unpaired) electrons. The molecule has 2 fully saturated rings. The Bertz CT molecular complexity index is 1070. The Balaban J connectivity index is 1.38. The number of nitrogens with one attached hydrogen (secondary N) is 2. The summed E-state index contributed by atoms with van der Waals surface area (Å²) in [5, 5.41) is 7.34. The molecular formula is C32H43ClN4O2. The summed E-state index contributed by atoms with van der Waals surface area (Å²) in [6.07, 6.45) is 9.70. The lowest BCUT2D eigenvalue weighted by molar-refractivity contribution is -0.133. The zero-order valence-electron chi connectivity index (χ0n) is 23.2. The number of hydrogen-bond acceptors (Lipinski definition) is 4. The van der Waals surface area contributed by atoms with Crippen molar-refractivity contribution in [2.24, 2.45) is 0 Å². The molecule has 2 aromatic rings. The molecule has 0 spiro atoms. The SMILES string of the molecule is CCC(CN1CC[C@@H](CNC(=O)/C=C/c2ccc(Cl)cc2)N[C@@H](CCN2CCCCC2)C1=O)c1ccccc1. The summed E-state index contributed by atoms with van der Waals surface area (Å²) in [5.41, 5.74) is 2.20. The van der Waals surface area contributed by atoms with Gasteiger partial charge in [0, 0.05) is 49.2 Å². The van der Waals surface area contributed by atoms with Crippen LogP contribution >= 0.6 is 11.6 Å². The molecule has 2 aliphatic heterocycles. The first-order chi connectivity index (χ1) is 19.0. The summed E-state index contributed by atoms with van der Waals surface area (Å²) in [4.78, 5) is 30.9. The number of rotatable bonds is 11. The first kappa shape index (κ1) is 29.3. The lowest BCUT2D eigenvalue weighted by Gasteiger charge is -2.31. The first-order valence-corrected chi connectivity index (χ1v) is 14.9. The minimum absolute atomic E-state index is 0.0370. The molecule has 0 aromatic heterocycles. The van der Waals surface area contributed by atoms with Gasteiger partial charge in [0.05, 0.1) is 6.04 Å². The zero-order valence-corrected chi connectivity index (χ0v) is 23.9. The number of nitrogens with zero attached hydrogens (tertiary/aromatic N) is 2. The average molecular weight is 551 g/mol. The number of likely N-dealkylation sites (tertiary alicyclic amines) is 1. The van der Waals surface area contributed by atoms with Gasteiger partial charge in [0.2, 0.25) is 11.8 Å². The van der Waals surface area contributed by atoms with E-state index >= 15 is 0 Å². The van der Waals surface area contributed by atoms with Crippen molar-refractivity contribution in [3.8, 4) is 0 Å². The first-order valence-electron chi connectivity index (χ1n) is 14.6. The summed E-state index contributed by atoms with van der Waals surface area (Å²) >= 11 is 5.95. The van der Waals surface area contributed by atoms with Gasteiger partial charge in [-0.15, -0.1) is 0 Å². The van der Waals surface area contributed by atoms with Crippen LogP contribution in [-0.4, -0.2) is 73.0 Å². The van der Waals surface area contributed by atoms with E-state index in [-0.39, 0.29) is 23.9 Å². The molecule has 6 nitrogen and oxygen atoms in total. The molecule has 2 aliphatic rings. The van der Waals surface area contributed by atoms with Crippen LogP contribution < -0.4 is 10.6 Å². The van der Waals surface area contributed by atoms with Crippen LogP contribution in [-0.2, 0) is 9.59 Å². The van der Waals surface area contributed by atoms with Gasteiger partial charge in [0.1, 0.15) is 0 Å². The number of piperidine rings is 1. The molecule has 0 aliphatic carbocycles. The van der Waals surface area contributed by atoms with Crippen molar-refractivity contribution in [1.82, 2.24) is 20.4 Å². The normalized spacial score (nSPS) is 21.6. The molecule has 0 saturated carbocycles. The molecule has 39 heavy (non-hydrogen) atoms. The maximum atomic E-state index is 13.8. The Hall–Kier alpha value is -2.67. The lowest BCUT2D eigenvalue weighted by atomic mass is 9.95. The van der Waals surface area contributed by atoms with E-state index in [2.05, 4.69) is 51.6 Å². The third kappa shape index (κ3) is 9.20. The predicted molar refractivity (Wildman–Crippen MR) is 160 cm³/mol. The number of hydrogen-bond donors (Lipinski definition) is 2. The van der Waals surface area contributed by atoms with Crippen LogP contribution in [0.3, 0.4) is 0 Å². The Morgan fingerprint density at radius 2 is 1.82 bits per heavy atom. The molecule has 1 unspecified atom stereocenters. The Kier molecular flexibility index (Phi) is 11.4. The lowest BCUT2D eigenvalue weighted by Crippen LogP contribution is -2.50. The Morgan fingerprint density at radius 3 is 2.54 bits per heavy atom. The van der Waals surface area contributed by atoms with Crippen molar-refractivity contribution in [3.63, 3.8) is 0 Å². The van der Waals surface area contributed by atoms with Gasteiger partial charge in [-0.25, -0.2) is 0 Å². The quantitative estimate of drug-likeness (QED) is 0.382. The Morgan fingerprint density at radius 1 is 1.08 bits per heavy atom. The summed E-state index contributed by atoms with van der Waals surface area (Å²) in [6.45, 7) is 7.27. The number of halogens is 1. The predicted octanol–water partition coefficient (Wildman–Crippen LogP) is 5.10. The van der Waals surface area contributed by atoms with E-state index in [1.54, 1.807) is 12.2 Å². The van der Waals surface area contributed by atoms with Crippen LogP contribution in [0.25, 0.3) is 6.08 Å². The summed E-state index contributed by atoms with van der Waals surface area (Å²) in [5.74, 6) is 0.365. The van der Waals surface area contributed by atoms with Crippen LogP contribution in [0.4, 0.5) is 0 Å². The van der Waals surface area contributed by atoms with E-state index in [1.165, 1.54) is 24.8 Å². The monoisotopic (exact) mass is 550 g/mol. The van der Waals surface area contributed by atoms with Crippen molar-refractivity contribution in [3.05, 3.63) is 76.8 Å². The zero-order chi connectivity index (χ0) is 27.5. The smallest absolute Gasteiger partial charge is 0.244 e. The van der Waals surface area contributed by atoms with E-state index in [0.717, 1.165) is 51.0 Å². The van der Waals surface area contributed by atoms with Crippen LogP contribution in [0, 0.1) is 0 Å². The molecule has 2 N–H and O–H groups in total. The summed E-state index contributed by atoms with van der Waals surface area (Å²) < 4.78 is 0. The highest BCUT2D eigenvalue weighted by atomic mass is 35.5. The molecule has 3 atom stereocenters. The topological polar surface area (TPSA) is 64.7 Å². The second-order valence-electron chi connectivity index (χ2n) is 10.8. The van der Waals surface area contributed by atoms with Crippen molar-refractivity contribution in [2.75, 3.05) is 39.3 Å². The van der Waals surface area contributed by atoms with Crippen LogP contribution in [0.5, 0.6) is 0 Å². The van der Waals surface area contributed by atoms with Gasteiger partial charge in [-0.1, -0.05) is 67.4 Å². The van der Waals surface area contributed by atoms with E-state index in [9.17, 15) is 9.59 Å². The van der Waals surface area contributed by atoms with Crippen LogP contribution in [0.15, 0.2) is 60.7 Å². The fourth-order valence-corrected chi connectivity index (χ4v) is 5.74. The molecule has 2 saturated heterocycles. The Labute approximate surface area is 238 Å². The van der Waals surface area contributed by atoms with Gasteiger partial charge in [-0.3, -0.25) is 9.59 Å². The van der Waals surface area contributed by atoms with Crippen molar-refractivity contribution in [2.45, 2.75) is 63.5 Å². The minimum atomic E-state index is -0.241. The van der Waals surface area contributed by atoms with Gasteiger partial charge in [-0.2, -0.15) is 0 Å². The van der Waals surface area contributed by atoms with Crippen molar-refractivity contribution >= 4 is 29.5 Å². The highest BCUT2D eigenvalue weighted by Gasteiger charge is 2.32. The van der Waals surface area contributed by atoms with Crippen molar-refractivity contribution in [1.29, 1.82) is 0 Å². The van der Waals surface area contributed by atoms with Gasteiger partial charge in [0.15, 0.2) is 0 Å². The van der Waals surface area contributed by atoms with Gasteiger partial charge in [-0.05, 0) is 74.5 Å². The second kappa shape index (κ2) is 15.2. The maximum Gasteiger partial charge on any atom is 0.244 e. The molecule has 210 valence electrons. The van der Waals surface area contributed by atoms with Crippen molar-refractivity contribution < 1.29 is 9.59 Å². The van der Waals surface area contributed by atoms with Crippen LogP contribution in [0.2, 0.25) is 5.02 Å². The molecule has 4 rings (SSSR count). The summed E-state index contributed by atoms with van der Waals surface area (Å²) in [7, 11) is 0. The third-order valence-electron chi connectivity index (χ3n) is 8.00. The largest absolute Gasteiger partial charge is 0.351 e. The number of benzene rings is 2. The average Bonchev–Trinajstić information content (AvgIpc) is 3.12. The number of carbonyl (C=O) groups is 2. The highest BCUT2D eigenvalue weighted by molar-refractivity contribution is 6.30. The fourth-order valence-electron chi connectivity index (χ4n) is 5.62. The van der Waals surface area contributed by atoms with Gasteiger partial charge >= 0.3 is 0 Å². The van der Waals surface area contributed by atoms with Gasteiger partial charge in [0.25, 0.3) is 0 Å². The molecular weight excluding hydrogens is 508 g/mol. The second-order valence-corrected chi connectivity index (χ2v) is 11.3. The molecule has 2 heterocycles. The fraction of sp³-hybridized carbons (Fsp3) is 0.500. The minimum Gasteiger partial charge on any atom is -0.351 e.